The van der Waals surface area contributed by atoms with Crippen LogP contribution >= 0.6 is 23.1 Å². The summed E-state index contributed by atoms with van der Waals surface area (Å²) < 4.78 is 7.59. The van der Waals surface area contributed by atoms with Crippen molar-refractivity contribution in [2.24, 2.45) is 7.05 Å². The molecule has 10 heteroatoms. The third-order valence-electron chi connectivity index (χ3n) is 6.32. The Labute approximate surface area is 229 Å². The Hall–Kier alpha value is -3.63. The van der Waals surface area contributed by atoms with Gasteiger partial charge in [-0.15, -0.1) is 21.5 Å². The van der Waals surface area contributed by atoms with Gasteiger partial charge in [0.15, 0.2) is 11.0 Å². The smallest absolute Gasteiger partial charge is 0.254 e. The molecule has 0 radical (unpaired) electrons. The summed E-state index contributed by atoms with van der Waals surface area (Å²) in [4.78, 5) is 27.4. The van der Waals surface area contributed by atoms with Crippen LogP contribution < -0.4 is 15.4 Å². The lowest BCUT2D eigenvalue weighted by molar-refractivity contribution is -0.113. The van der Waals surface area contributed by atoms with E-state index in [1.807, 2.05) is 72.3 Å². The predicted octanol–water partition coefficient (Wildman–Crippen LogP) is 5.00. The maximum Gasteiger partial charge on any atom is 0.254 e. The van der Waals surface area contributed by atoms with Crippen molar-refractivity contribution >= 4 is 39.9 Å². The Morgan fingerprint density at radius 3 is 2.55 bits per heavy atom. The van der Waals surface area contributed by atoms with Crippen molar-refractivity contribution in [1.82, 2.24) is 20.1 Å². The van der Waals surface area contributed by atoms with Gasteiger partial charge >= 0.3 is 0 Å². The van der Waals surface area contributed by atoms with E-state index in [1.165, 1.54) is 28.0 Å². The van der Waals surface area contributed by atoms with Gasteiger partial charge in [0.1, 0.15) is 17.4 Å². The van der Waals surface area contributed by atoms with E-state index in [9.17, 15) is 9.59 Å². The quantitative estimate of drug-likeness (QED) is 0.271. The summed E-state index contributed by atoms with van der Waals surface area (Å²) in [6, 6.07) is 19.3. The SMILES string of the molecule is Cn1c(COc2ccccc2)nnc1SCC(=O)Nc1sc2c(c1C(=O)NCc1ccccc1)CCCC2. The van der Waals surface area contributed by atoms with Crippen LogP contribution in [0, 0.1) is 0 Å². The van der Waals surface area contributed by atoms with Gasteiger partial charge in [-0.3, -0.25) is 9.59 Å². The number of ether oxygens (including phenoxy) is 1. The van der Waals surface area contributed by atoms with Crippen molar-refractivity contribution in [3.8, 4) is 5.75 Å². The zero-order valence-corrected chi connectivity index (χ0v) is 22.7. The number of nitrogens with one attached hydrogen (secondary N) is 2. The third-order valence-corrected chi connectivity index (χ3v) is 8.54. The van der Waals surface area contributed by atoms with Crippen LogP contribution in [0.5, 0.6) is 5.75 Å². The van der Waals surface area contributed by atoms with Crippen LogP contribution in [0.3, 0.4) is 0 Å². The van der Waals surface area contributed by atoms with E-state index >= 15 is 0 Å². The largest absolute Gasteiger partial charge is 0.486 e. The lowest BCUT2D eigenvalue weighted by atomic mass is 9.95. The van der Waals surface area contributed by atoms with E-state index in [1.54, 1.807) is 0 Å². The van der Waals surface area contributed by atoms with Gasteiger partial charge in [-0.1, -0.05) is 60.3 Å². The molecular formula is C28H29N5O3S2. The van der Waals surface area contributed by atoms with Crippen LogP contribution in [0.15, 0.2) is 65.8 Å². The van der Waals surface area contributed by atoms with Crippen LogP contribution in [0.25, 0.3) is 0 Å². The topological polar surface area (TPSA) is 98.1 Å². The molecule has 1 aliphatic carbocycles. The molecule has 0 saturated carbocycles. The zero-order chi connectivity index (χ0) is 26.3. The van der Waals surface area contributed by atoms with Gasteiger partial charge in [0.25, 0.3) is 5.91 Å². The second-order valence-corrected chi connectivity index (χ2v) is 11.0. The highest BCUT2D eigenvalue weighted by atomic mass is 32.2. The first-order valence-corrected chi connectivity index (χ1v) is 14.3. The number of anilines is 1. The van der Waals surface area contributed by atoms with Crippen molar-refractivity contribution in [2.75, 3.05) is 11.1 Å². The van der Waals surface area contributed by atoms with Crippen LogP contribution in [0.1, 0.15) is 45.0 Å². The fourth-order valence-corrected chi connectivity index (χ4v) is 6.35. The molecular weight excluding hydrogens is 518 g/mol. The molecule has 2 amide bonds. The first kappa shape index (κ1) is 26.0. The number of hydrogen-bond acceptors (Lipinski definition) is 7. The number of carbonyl (C=O) groups excluding carboxylic acids is 2. The number of para-hydroxylation sites is 1. The number of thiophene rings is 1. The molecule has 196 valence electrons. The Kier molecular flexibility index (Phi) is 8.40. The number of thioether (sulfide) groups is 1. The lowest BCUT2D eigenvalue weighted by Crippen LogP contribution is -2.25. The molecule has 0 fully saturated rings. The number of aryl methyl sites for hydroxylation is 1. The molecule has 0 saturated heterocycles. The molecule has 2 N–H and O–H groups in total. The molecule has 5 rings (SSSR count). The van der Waals surface area contributed by atoms with Crippen LogP contribution in [-0.2, 0) is 37.8 Å². The summed E-state index contributed by atoms with van der Waals surface area (Å²) in [5, 5.41) is 15.7. The highest BCUT2D eigenvalue weighted by Crippen LogP contribution is 2.38. The minimum Gasteiger partial charge on any atom is -0.486 e. The van der Waals surface area contributed by atoms with Gasteiger partial charge in [0.05, 0.1) is 11.3 Å². The fourth-order valence-electron chi connectivity index (χ4n) is 4.31. The molecule has 0 unspecified atom stereocenters. The van der Waals surface area contributed by atoms with E-state index in [-0.39, 0.29) is 24.2 Å². The normalized spacial score (nSPS) is 12.6. The number of rotatable bonds is 10. The molecule has 38 heavy (non-hydrogen) atoms. The molecule has 0 atom stereocenters. The predicted molar refractivity (Wildman–Crippen MR) is 150 cm³/mol. The molecule has 2 aromatic heterocycles. The Morgan fingerprint density at radius 1 is 1.03 bits per heavy atom. The molecule has 2 heterocycles. The zero-order valence-electron chi connectivity index (χ0n) is 21.1. The Morgan fingerprint density at radius 2 is 1.76 bits per heavy atom. The van der Waals surface area contributed by atoms with Gasteiger partial charge in [-0.2, -0.15) is 0 Å². The van der Waals surface area contributed by atoms with Gasteiger partial charge in [-0.05, 0) is 48.9 Å². The minimum atomic E-state index is -0.184. The Balaban J connectivity index is 1.21. The third kappa shape index (κ3) is 6.25. The van der Waals surface area contributed by atoms with Crippen molar-refractivity contribution in [3.05, 3.63) is 88.1 Å². The first-order valence-electron chi connectivity index (χ1n) is 12.5. The first-order chi connectivity index (χ1) is 18.6. The van der Waals surface area contributed by atoms with Crippen molar-refractivity contribution in [2.45, 2.75) is 44.0 Å². The highest BCUT2D eigenvalue weighted by Gasteiger charge is 2.26. The van der Waals surface area contributed by atoms with Gasteiger partial charge in [0.2, 0.25) is 5.91 Å². The molecule has 2 aromatic carbocycles. The van der Waals surface area contributed by atoms with E-state index in [4.69, 9.17) is 4.74 Å². The summed E-state index contributed by atoms with van der Waals surface area (Å²) >= 11 is 2.82. The standard InChI is InChI=1S/C28H29N5O3S2/c1-33-23(17-36-20-12-6-3-7-13-20)31-32-28(33)37-18-24(34)30-27-25(21-14-8-9-15-22(21)38-27)26(35)29-16-19-10-4-2-5-11-19/h2-7,10-13H,8-9,14-18H2,1H3,(H,29,35)(H,30,34). The van der Waals surface area contributed by atoms with Crippen molar-refractivity contribution in [3.63, 3.8) is 0 Å². The van der Waals surface area contributed by atoms with Crippen LogP contribution in [-0.4, -0.2) is 32.3 Å². The molecule has 4 aromatic rings. The fraction of sp³-hybridized carbons (Fsp3) is 0.286. The van der Waals surface area contributed by atoms with Crippen molar-refractivity contribution in [1.29, 1.82) is 0 Å². The summed E-state index contributed by atoms with van der Waals surface area (Å²) in [6.07, 6.45) is 3.95. The number of benzene rings is 2. The van der Waals surface area contributed by atoms with E-state index in [0.29, 0.717) is 28.1 Å². The summed E-state index contributed by atoms with van der Waals surface area (Å²) in [6.45, 7) is 0.721. The monoisotopic (exact) mass is 547 g/mol. The summed E-state index contributed by atoms with van der Waals surface area (Å²) in [5.41, 5.74) is 2.72. The second kappa shape index (κ2) is 12.3. The maximum absolute atomic E-state index is 13.2. The maximum atomic E-state index is 13.2. The molecule has 0 bridgehead atoms. The molecule has 1 aliphatic rings. The van der Waals surface area contributed by atoms with Crippen molar-refractivity contribution < 1.29 is 14.3 Å². The van der Waals surface area contributed by atoms with E-state index in [0.717, 1.165) is 42.6 Å². The van der Waals surface area contributed by atoms with Crippen LogP contribution in [0.2, 0.25) is 0 Å². The van der Waals surface area contributed by atoms with Gasteiger partial charge in [0, 0.05) is 18.5 Å². The van der Waals surface area contributed by atoms with Gasteiger partial charge in [-0.25, -0.2) is 0 Å². The van der Waals surface area contributed by atoms with E-state index < -0.39 is 0 Å². The number of carbonyl (C=O) groups is 2. The van der Waals surface area contributed by atoms with Crippen LogP contribution in [0.4, 0.5) is 5.00 Å². The average molecular weight is 548 g/mol. The second-order valence-electron chi connectivity index (χ2n) is 8.98. The number of aromatic nitrogens is 3. The van der Waals surface area contributed by atoms with E-state index in [2.05, 4.69) is 20.8 Å². The highest BCUT2D eigenvalue weighted by molar-refractivity contribution is 7.99. The van der Waals surface area contributed by atoms with Gasteiger partial charge < -0.3 is 19.9 Å². The number of fused-ring (bicyclic) bond motifs is 1. The number of amides is 2. The summed E-state index contributed by atoms with van der Waals surface area (Å²) in [5.74, 6) is 1.24. The molecule has 0 spiro atoms. The lowest BCUT2D eigenvalue weighted by Gasteiger charge is -2.13. The average Bonchev–Trinajstić information content (AvgIpc) is 3.49. The summed E-state index contributed by atoms with van der Waals surface area (Å²) in [7, 11) is 1.85. The Bertz CT molecular complexity index is 1400. The molecule has 0 aliphatic heterocycles. The minimum absolute atomic E-state index is 0.146. The number of hydrogen-bond donors (Lipinski definition) is 2. The molecule has 8 nitrogen and oxygen atoms in total. The number of nitrogens with zero attached hydrogens (tertiary/aromatic N) is 3.